The number of hydrogen-bond acceptors (Lipinski definition) is 4. The minimum absolute atomic E-state index is 0.0767. The van der Waals surface area contributed by atoms with Gasteiger partial charge in [0.2, 0.25) is 5.91 Å². The minimum atomic E-state index is 0.0767. The smallest absolute Gasteiger partial charge is 0.220 e. The first-order chi connectivity index (χ1) is 14.3. The van der Waals surface area contributed by atoms with Crippen LogP contribution in [0.4, 0.5) is 5.82 Å². The minimum Gasteiger partial charge on any atom is -0.496 e. The van der Waals surface area contributed by atoms with Crippen molar-refractivity contribution >= 4 is 22.5 Å². The summed E-state index contributed by atoms with van der Waals surface area (Å²) in [6, 6.07) is 18.6. The van der Waals surface area contributed by atoms with Crippen LogP contribution in [-0.4, -0.2) is 37.1 Å². The van der Waals surface area contributed by atoms with Crippen molar-refractivity contribution in [3.05, 3.63) is 66.4 Å². The molecule has 1 aliphatic rings. The number of amides is 1. The number of methoxy groups -OCH3 is 1. The van der Waals surface area contributed by atoms with Gasteiger partial charge >= 0.3 is 0 Å². The second-order valence-electron chi connectivity index (χ2n) is 7.45. The molecule has 1 saturated heterocycles. The zero-order valence-electron chi connectivity index (χ0n) is 16.8. The number of nitrogens with one attached hydrogen (secondary N) is 1. The molecule has 2 heterocycles. The van der Waals surface area contributed by atoms with Crippen molar-refractivity contribution in [3.63, 3.8) is 0 Å². The number of pyridine rings is 1. The van der Waals surface area contributed by atoms with E-state index in [9.17, 15) is 4.79 Å². The molecule has 29 heavy (non-hydrogen) atoms. The normalized spacial score (nSPS) is 16.2. The fraction of sp³-hybridized carbons (Fsp3) is 0.333. The molecule has 0 bridgehead atoms. The van der Waals surface area contributed by atoms with Gasteiger partial charge in [0.1, 0.15) is 11.6 Å². The zero-order chi connectivity index (χ0) is 20.1. The van der Waals surface area contributed by atoms with Gasteiger partial charge in [0.25, 0.3) is 0 Å². The van der Waals surface area contributed by atoms with Crippen LogP contribution in [0, 0.1) is 0 Å². The molecule has 1 fully saturated rings. The maximum absolute atomic E-state index is 12.6. The van der Waals surface area contributed by atoms with Gasteiger partial charge in [0, 0.05) is 37.3 Å². The van der Waals surface area contributed by atoms with Crippen LogP contribution < -0.4 is 15.0 Å². The van der Waals surface area contributed by atoms with Crippen molar-refractivity contribution in [2.24, 2.45) is 0 Å². The summed E-state index contributed by atoms with van der Waals surface area (Å²) < 4.78 is 5.54. The molecule has 1 atom stereocenters. The Balaban J connectivity index is 1.37. The first-order valence-electron chi connectivity index (χ1n) is 10.3. The molecule has 1 aromatic heterocycles. The number of nitrogens with zero attached hydrogens (tertiary/aromatic N) is 2. The third-order valence-electron chi connectivity index (χ3n) is 5.68. The van der Waals surface area contributed by atoms with E-state index in [4.69, 9.17) is 4.74 Å². The standard InChI is InChI=1S/C24H27N3O2/c1-29-22-13-11-18-7-2-3-9-20(18)21(22)12-14-24(28)26-17-19-8-6-16-27(19)23-10-4-5-15-25-23/h2-5,7,9-11,13,15,19H,6,8,12,14,16-17H2,1H3,(H,26,28)/t19-/m1/s1. The van der Waals surface area contributed by atoms with Crippen LogP contribution in [0.15, 0.2) is 60.8 Å². The Bertz CT molecular complexity index is 974. The number of anilines is 1. The highest BCUT2D eigenvalue weighted by atomic mass is 16.5. The second kappa shape index (κ2) is 8.95. The lowest BCUT2D eigenvalue weighted by Crippen LogP contribution is -2.40. The van der Waals surface area contributed by atoms with Crippen molar-refractivity contribution in [3.8, 4) is 5.75 Å². The Hall–Kier alpha value is -3.08. The molecule has 1 N–H and O–H groups in total. The van der Waals surface area contributed by atoms with Crippen LogP contribution in [0.3, 0.4) is 0 Å². The summed E-state index contributed by atoms with van der Waals surface area (Å²) >= 11 is 0. The van der Waals surface area contributed by atoms with Crippen LogP contribution in [0.5, 0.6) is 5.75 Å². The molecule has 150 valence electrons. The van der Waals surface area contributed by atoms with E-state index in [1.54, 1.807) is 7.11 Å². The third kappa shape index (κ3) is 4.34. The summed E-state index contributed by atoms with van der Waals surface area (Å²) in [5.74, 6) is 1.91. The Morgan fingerprint density at radius 2 is 2.03 bits per heavy atom. The van der Waals surface area contributed by atoms with Gasteiger partial charge in [-0.1, -0.05) is 36.4 Å². The highest BCUT2D eigenvalue weighted by molar-refractivity contribution is 5.88. The predicted octanol–water partition coefficient (Wildman–Crippen LogP) is 3.96. The molecule has 5 nitrogen and oxygen atoms in total. The van der Waals surface area contributed by atoms with E-state index in [0.717, 1.165) is 41.9 Å². The SMILES string of the molecule is COc1ccc2ccccc2c1CCC(=O)NC[C@H]1CCCN1c1ccccn1. The van der Waals surface area contributed by atoms with Gasteiger partial charge in [-0.15, -0.1) is 0 Å². The number of carbonyl (C=O) groups is 1. The second-order valence-corrected chi connectivity index (χ2v) is 7.45. The molecule has 0 radical (unpaired) electrons. The summed E-state index contributed by atoms with van der Waals surface area (Å²) in [6.07, 6.45) is 5.13. The summed E-state index contributed by atoms with van der Waals surface area (Å²) in [5.41, 5.74) is 1.09. The van der Waals surface area contributed by atoms with Crippen LogP contribution >= 0.6 is 0 Å². The van der Waals surface area contributed by atoms with Crippen LogP contribution in [0.25, 0.3) is 10.8 Å². The first-order valence-corrected chi connectivity index (χ1v) is 10.3. The average molecular weight is 389 g/mol. The molecule has 1 aliphatic heterocycles. The van der Waals surface area contributed by atoms with E-state index in [-0.39, 0.29) is 5.91 Å². The Kier molecular flexibility index (Phi) is 5.94. The molecule has 0 aliphatic carbocycles. The molecule has 0 saturated carbocycles. The molecule has 0 spiro atoms. The molecule has 0 unspecified atom stereocenters. The summed E-state index contributed by atoms with van der Waals surface area (Å²) in [5, 5.41) is 5.45. The van der Waals surface area contributed by atoms with Crippen LogP contribution in [0.2, 0.25) is 0 Å². The number of rotatable bonds is 7. The van der Waals surface area contributed by atoms with E-state index < -0.39 is 0 Å². The number of ether oxygens (including phenoxy) is 1. The highest BCUT2D eigenvalue weighted by Gasteiger charge is 2.25. The number of hydrogen-bond donors (Lipinski definition) is 1. The lowest BCUT2D eigenvalue weighted by molar-refractivity contribution is -0.121. The van der Waals surface area contributed by atoms with E-state index in [2.05, 4.69) is 33.4 Å². The van der Waals surface area contributed by atoms with Crippen molar-refractivity contribution in [2.45, 2.75) is 31.7 Å². The number of aryl methyl sites for hydroxylation is 1. The van der Waals surface area contributed by atoms with Gasteiger partial charge in [-0.05, 0) is 48.2 Å². The highest BCUT2D eigenvalue weighted by Crippen LogP contribution is 2.29. The van der Waals surface area contributed by atoms with Crippen molar-refractivity contribution in [1.29, 1.82) is 0 Å². The number of fused-ring (bicyclic) bond motifs is 1. The maximum atomic E-state index is 12.6. The van der Waals surface area contributed by atoms with Crippen LogP contribution in [-0.2, 0) is 11.2 Å². The number of carbonyl (C=O) groups excluding carboxylic acids is 1. The predicted molar refractivity (Wildman–Crippen MR) is 116 cm³/mol. The van der Waals surface area contributed by atoms with Crippen LogP contribution in [0.1, 0.15) is 24.8 Å². The lowest BCUT2D eigenvalue weighted by Gasteiger charge is -2.25. The van der Waals surface area contributed by atoms with E-state index in [0.29, 0.717) is 25.4 Å². The maximum Gasteiger partial charge on any atom is 0.220 e. The zero-order valence-corrected chi connectivity index (χ0v) is 16.8. The number of benzene rings is 2. The topological polar surface area (TPSA) is 54.5 Å². The van der Waals surface area contributed by atoms with Gasteiger partial charge in [0.05, 0.1) is 7.11 Å². The quantitative estimate of drug-likeness (QED) is 0.665. The Labute approximate surface area is 171 Å². The molecule has 4 rings (SSSR count). The molecule has 2 aromatic carbocycles. The van der Waals surface area contributed by atoms with E-state index in [1.165, 1.54) is 5.39 Å². The molecular formula is C24H27N3O2. The van der Waals surface area contributed by atoms with Gasteiger partial charge in [-0.2, -0.15) is 0 Å². The number of aromatic nitrogens is 1. The largest absolute Gasteiger partial charge is 0.496 e. The van der Waals surface area contributed by atoms with Gasteiger partial charge < -0.3 is 15.0 Å². The van der Waals surface area contributed by atoms with Crippen molar-refractivity contribution in [1.82, 2.24) is 10.3 Å². The van der Waals surface area contributed by atoms with E-state index >= 15 is 0 Å². The fourth-order valence-corrected chi connectivity index (χ4v) is 4.20. The van der Waals surface area contributed by atoms with Gasteiger partial charge in [-0.3, -0.25) is 4.79 Å². The van der Waals surface area contributed by atoms with E-state index in [1.807, 2.05) is 42.6 Å². The Morgan fingerprint density at radius 3 is 2.86 bits per heavy atom. The lowest BCUT2D eigenvalue weighted by atomic mass is 9.99. The average Bonchev–Trinajstić information content (AvgIpc) is 3.25. The Morgan fingerprint density at radius 1 is 1.17 bits per heavy atom. The molecule has 5 heteroatoms. The summed E-state index contributed by atoms with van der Waals surface area (Å²) in [4.78, 5) is 19.3. The third-order valence-corrected chi connectivity index (χ3v) is 5.68. The molecule has 1 amide bonds. The fourth-order valence-electron chi connectivity index (χ4n) is 4.20. The summed E-state index contributed by atoms with van der Waals surface area (Å²) in [7, 11) is 1.68. The van der Waals surface area contributed by atoms with Crippen molar-refractivity contribution < 1.29 is 9.53 Å². The first kappa shape index (κ1) is 19.2. The van der Waals surface area contributed by atoms with Gasteiger partial charge in [0.15, 0.2) is 0 Å². The monoisotopic (exact) mass is 389 g/mol. The molecular weight excluding hydrogens is 362 g/mol. The summed E-state index contributed by atoms with van der Waals surface area (Å²) in [6.45, 7) is 1.65. The van der Waals surface area contributed by atoms with Crippen molar-refractivity contribution in [2.75, 3.05) is 25.1 Å². The molecule has 3 aromatic rings. The van der Waals surface area contributed by atoms with Gasteiger partial charge in [-0.25, -0.2) is 4.98 Å².